The minimum Gasteiger partial charge on any atom is -0.393 e. The van der Waals surface area contributed by atoms with Crippen LogP contribution in [0.15, 0.2) is 4.52 Å². The van der Waals surface area contributed by atoms with Crippen LogP contribution in [-0.2, 0) is 16.8 Å². The smallest absolute Gasteiger partial charge is 0.227 e. The van der Waals surface area contributed by atoms with E-state index in [1.54, 1.807) is 0 Å². The summed E-state index contributed by atoms with van der Waals surface area (Å²) >= 11 is 0. The standard InChI is InChI=1S/C16H28N2O3/c1-4-16(5-2,20-6-3)15-17-14(21-18-15)11-12-9-7-8-10-13(12)19/h12-13,19H,4-11H2,1-3H3. The first-order valence-corrected chi connectivity index (χ1v) is 8.30. The molecule has 1 N–H and O–H groups in total. The van der Waals surface area contributed by atoms with Crippen molar-refractivity contribution in [1.29, 1.82) is 0 Å². The molecule has 1 aliphatic carbocycles. The van der Waals surface area contributed by atoms with Crippen LogP contribution in [-0.4, -0.2) is 28.0 Å². The zero-order valence-corrected chi connectivity index (χ0v) is 13.5. The number of aliphatic hydroxyl groups is 1. The summed E-state index contributed by atoms with van der Waals surface area (Å²) in [7, 11) is 0. The summed E-state index contributed by atoms with van der Waals surface area (Å²) in [5.41, 5.74) is -0.443. The molecule has 0 spiro atoms. The zero-order valence-electron chi connectivity index (χ0n) is 13.5. The van der Waals surface area contributed by atoms with Gasteiger partial charge in [-0.1, -0.05) is 31.8 Å². The van der Waals surface area contributed by atoms with E-state index in [1.807, 2.05) is 6.92 Å². The van der Waals surface area contributed by atoms with Crippen LogP contribution in [0.4, 0.5) is 0 Å². The van der Waals surface area contributed by atoms with Crippen molar-refractivity contribution in [2.24, 2.45) is 5.92 Å². The number of hydrogen-bond acceptors (Lipinski definition) is 5. The fraction of sp³-hybridized carbons (Fsp3) is 0.875. The Morgan fingerprint density at radius 3 is 2.57 bits per heavy atom. The summed E-state index contributed by atoms with van der Waals surface area (Å²) in [5.74, 6) is 1.52. The van der Waals surface area contributed by atoms with E-state index < -0.39 is 5.60 Å². The van der Waals surface area contributed by atoms with Crippen molar-refractivity contribution >= 4 is 0 Å². The van der Waals surface area contributed by atoms with E-state index in [2.05, 4.69) is 24.0 Å². The Hall–Kier alpha value is -0.940. The maximum atomic E-state index is 10.1. The van der Waals surface area contributed by atoms with Crippen LogP contribution in [0.1, 0.15) is 71.0 Å². The molecule has 0 aliphatic heterocycles. The number of nitrogens with zero attached hydrogens (tertiary/aromatic N) is 2. The highest BCUT2D eigenvalue weighted by Crippen LogP contribution is 2.32. The molecule has 2 unspecified atom stereocenters. The monoisotopic (exact) mass is 296 g/mol. The molecule has 1 aromatic heterocycles. The highest BCUT2D eigenvalue weighted by molar-refractivity contribution is 5.02. The van der Waals surface area contributed by atoms with E-state index >= 15 is 0 Å². The molecule has 2 atom stereocenters. The lowest BCUT2D eigenvalue weighted by Gasteiger charge is -2.28. The van der Waals surface area contributed by atoms with Gasteiger partial charge in [0.2, 0.25) is 11.7 Å². The molecule has 120 valence electrons. The first-order valence-electron chi connectivity index (χ1n) is 8.30. The quantitative estimate of drug-likeness (QED) is 0.836. The molecule has 21 heavy (non-hydrogen) atoms. The molecular weight excluding hydrogens is 268 g/mol. The first kappa shape index (κ1) is 16.4. The van der Waals surface area contributed by atoms with E-state index in [-0.39, 0.29) is 12.0 Å². The van der Waals surface area contributed by atoms with Crippen molar-refractivity contribution in [2.75, 3.05) is 6.61 Å². The Labute approximate surface area is 127 Å². The van der Waals surface area contributed by atoms with Gasteiger partial charge in [0, 0.05) is 13.0 Å². The summed E-state index contributed by atoms with van der Waals surface area (Å²) in [4.78, 5) is 4.56. The Balaban J connectivity index is 2.09. The Bertz CT molecular complexity index is 429. The molecule has 1 saturated carbocycles. The average Bonchev–Trinajstić information content (AvgIpc) is 2.96. The molecule has 5 nitrogen and oxygen atoms in total. The number of ether oxygens (including phenoxy) is 1. The van der Waals surface area contributed by atoms with Gasteiger partial charge in [0.15, 0.2) is 0 Å². The SMILES string of the molecule is CCOC(CC)(CC)c1noc(CC2CCCCC2O)n1. The van der Waals surface area contributed by atoms with Crippen LogP contribution in [0.3, 0.4) is 0 Å². The zero-order chi connectivity index (χ0) is 15.3. The minimum atomic E-state index is -0.443. The van der Waals surface area contributed by atoms with E-state index in [0.29, 0.717) is 24.7 Å². The topological polar surface area (TPSA) is 68.4 Å². The number of aliphatic hydroxyl groups excluding tert-OH is 1. The van der Waals surface area contributed by atoms with Gasteiger partial charge in [0.25, 0.3) is 0 Å². The molecule has 0 bridgehead atoms. The van der Waals surface area contributed by atoms with Crippen LogP contribution in [0.25, 0.3) is 0 Å². The lowest BCUT2D eigenvalue weighted by Crippen LogP contribution is -2.30. The molecule has 1 aromatic rings. The number of rotatable bonds is 7. The first-order chi connectivity index (χ1) is 10.1. The summed E-state index contributed by atoms with van der Waals surface area (Å²) in [5, 5.41) is 14.2. The number of hydrogen-bond donors (Lipinski definition) is 1. The highest BCUT2D eigenvalue weighted by Gasteiger charge is 2.35. The molecule has 0 aromatic carbocycles. The Morgan fingerprint density at radius 2 is 1.95 bits per heavy atom. The Morgan fingerprint density at radius 1 is 1.24 bits per heavy atom. The summed E-state index contributed by atoms with van der Waals surface area (Å²) in [6.07, 6.45) is 6.30. The number of aromatic nitrogens is 2. The molecule has 0 saturated heterocycles. The maximum absolute atomic E-state index is 10.1. The van der Waals surface area contributed by atoms with Gasteiger partial charge in [0.05, 0.1) is 6.10 Å². The van der Waals surface area contributed by atoms with Crippen LogP contribution < -0.4 is 0 Å². The molecule has 0 radical (unpaired) electrons. The van der Waals surface area contributed by atoms with Gasteiger partial charge >= 0.3 is 0 Å². The van der Waals surface area contributed by atoms with E-state index in [1.165, 1.54) is 6.42 Å². The lowest BCUT2D eigenvalue weighted by atomic mass is 9.84. The van der Waals surface area contributed by atoms with Gasteiger partial charge < -0.3 is 14.4 Å². The van der Waals surface area contributed by atoms with Gasteiger partial charge in [-0.15, -0.1) is 0 Å². The van der Waals surface area contributed by atoms with Gasteiger partial charge in [-0.3, -0.25) is 0 Å². The average molecular weight is 296 g/mol. The predicted octanol–water partition coefficient (Wildman–Crippen LogP) is 3.22. The lowest BCUT2D eigenvalue weighted by molar-refractivity contribution is -0.0583. The minimum absolute atomic E-state index is 0.233. The van der Waals surface area contributed by atoms with Crippen LogP contribution >= 0.6 is 0 Å². The van der Waals surface area contributed by atoms with Gasteiger partial charge in [-0.05, 0) is 38.5 Å². The second-order valence-electron chi connectivity index (χ2n) is 5.96. The maximum Gasteiger partial charge on any atom is 0.227 e. The van der Waals surface area contributed by atoms with Gasteiger partial charge in [0.1, 0.15) is 5.60 Å². The third-order valence-electron chi connectivity index (χ3n) is 4.74. The van der Waals surface area contributed by atoms with E-state index in [0.717, 1.165) is 32.1 Å². The second kappa shape index (κ2) is 7.36. The highest BCUT2D eigenvalue weighted by atomic mass is 16.5. The second-order valence-corrected chi connectivity index (χ2v) is 5.96. The molecular formula is C16H28N2O3. The van der Waals surface area contributed by atoms with Crippen LogP contribution in [0, 0.1) is 5.92 Å². The summed E-state index contributed by atoms with van der Waals surface area (Å²) < 4.78 is 11.3. The van der Waals surface area contributed by atoms with E-state index in [9.17, 15) is 5.11 Å². The van der Waals surface area contributed by atoms with Crippen molar-refractivity contribution in [3.63, 3.8) is 0 Å². The fourth-order valence-electron chi connectivity index (χ4n) is 3.28. The van der Waals surface area contributed by atoms with Gasteiger partial charge in [-0.25, -0.2) is 0 Å². The Kier molecular flexibility index (Phi) is 5.76. The van der Waals surface area contributed by atoms with Crippen molar-refractivity contribution in [2.45, 2.75) is 77.4 Å². The fourth-order valence-corrected chi connectivity index (χ4v) is 3.28. The largest absolute Gasteiger partial charge is 0.393 e. The van der Waals surface area contributed by atoms with Crippen LogP contribution in [0.2, 0.25) is 0 Å². The van der Waals surface area contributed by atoms with Crippen molar-refractivity contribution < 1.29 is 14.4 Å². The van der Waals surface area contributed by atoms with Crippen molar-refractivity contribution in [3.8, 4) is 0 Å². The predicted molar refractivity (Wildman–Crippen MR) is 79.9 cm³/mol. The normalized spacial score (nSPS) is 23.4. The summed E-state index contributed by atoms with van der Waals surface area (Å²) in [6.45, 7) is 6.78. The molecule has 0 amide bonds. The summed E-state index contributed by atoms with van der Waals surface area (Å²) in [6, 6.07) is 0. The molecule has 1 heterocycles. The van der Waals surface area contributed by atoms with Gasteiger partial charge in [-0.2, -0.15) is 4.98 Å². The van der Waals surface area contributed by atoms with E-state index in [4.69, 9.17) is 9.26 Å². The molecule has 1 aliphatic rings. The third-order valence-corrected chi connectivity index (χ3v) is 4.74. The molecule has 2 rings (SSSR count). The van der Waals surface area contributed by atoms with Crippen LogP contribution in [0.5, 0.6) is 0 Å². The van der Waals surface area contributed by atoms with Crippen molar-refractivity contribution in [3.05, 3.63) is 11.7 Å². The third kappa shape index (κ3) is 3.64. The van der Waals surface area contributed by atoms with Crippen molar-refractivity contribution in [1.82, 2.24) is 10.1 Å². The molecule has 5 heteroatoms. The molecule has 1 fully saturated rings.